The van der Waals surface area contributed by atoms with E-state index < -0.39 is 5.97 Å². The number of benzene rings is 2. The largest absolute Gasteiger partial charge is 0.478 e. The van der Waals surface area contributed by atoms with E-state index in [2.05, 4.69) is 10.5 Å². The number of nitrogens with one attached hydrogen (secondary N) is 1. The number of hydrogen-bond donors (Lipinski definition) is 2. The van der Waals surface area contributed by atoms with Crippen LogP contribution in [0.2, 0.25) is 0 Å². The maximum atomic E-state index is 12.0. The van der Waals surface area contributed by atoms with Gasteiger partial charge in [-0.15, -0.1) is 0 Å². The van der Waals surface area contributed by atoms with Crippen molar-refractivity contribution in [3.8, 4) is 11.3 Å². The summed E-state index contributed by atoms with van der Waals surface area (Å²) in [6, 6.07) is 17.0. The van der Waals surface area contributed by atoms with Crippen LogP contribution in [0.5, 0.6) is 0 Å². The van der Waals surface area contributed by atoms with Crippen molar-refractivity contribution in [3.05, 3.63) is 83.1 Å². The van der Waals surface area contributed by atoms with E-state index in [9.17, 15) is 9.59 Å². The Morgan fingerprint density at radius 1 is 1.04 bits per heavy atom. The van der Waals surface area contributed by atoms with Gasteiger partial charge in [0.1, 0.15) is 11.5 Å². The normalized spacial score (nSPS) is 10.8. The highest BCUT2D eigenvalue weighted by Crippen LogP contribution is 2.22. The van der Waals surface area contributed by atoms with Gasteiger partial charge in [-0.25, -0.2) is 10.2 Å². The van der Waals surface area contributed by atoms with Crippen molar-refractivity contribution < 1.29 is 19.1 Å². The minimum Gasteiger partial charge on any atom is -0.478 e. The Balaban J connectivity index is 1.67. The second-order valence-electron chi connectivity index (χ2n) is 5.65. The molecule has 0 aliphatic rings. The highest BCUT2D eigenvalue weighted by molar-refractivity contribution is 5.94. The van der Waals surface area contributed by atoms with Gasteiger partial charge in [0.25, 0.3) is 5.91 Å². The van der Waals surface area contributed by atoms with Gasteiger partial charge >= 0.3 is 5.97 Å². The van der Waals surface area contributed by atoms with Crippen LogP contribution in [0.1, 0.15) is 32.0 Å². The van der Waals surface area contributed by atoms with Crippen molar-refractivity contribution in [3.63, 3.8) is 0 Å². The Kier molecular flexibility index (Phi) is 4.94. The fourth-order valence-corrected chi connectivity index (χ4v) is 2.31. The first-order chi connectivity index (χ1) is 12.5. The first-order valence-corrected chi connectivity index (χ1v) is 7.86. The molecular weight excluding hydrogens is 332 g/mol. The highest BCUT2D eigenvalue weighted by atomic mass is 16.4. The Bertz CT molecular complexity index is 971. The number of nitrogens with zero attached hydrogens (tertiary/aromatic N) is 1. The molecule has 0 unspecified atom stereocenters. The second kappa shape index (κ2) is 7.48. The third-order valence-corrected chi connectivity index (χ3v) is 3.69. The molecule has 0 spiro atoms. The van der Waals surface area contributed by atoms with Gasteiger partial charge in [-0.05, 0) is 43.3 Å². The van der Waals surface area contributed by atoms with Crippen LogP contribution in [-0.4, -0.2) is 23.2 Å². The van der Waals surface area contributed by atoms with Crippen LogP contribution in [0.4, 0.5) is 0 Å². The molecule has 2 N–H and O–H groups in total. The number of carboxylic acid groups (broad SMARTS) is 1. The molecule has 0 aliphatic carbocycles. The number of hydrazone groups is 1. The van der Waals surface area contributed by atoms with E-state index >= 15 is 0 Å². The zero-order chi connectivity index (χ0) is 18.5. The number of carbonyl (C=O) groups is 2. The summed E-state index contributed by atoms with van der Waals surface area (Å²) in [7, 11) is 0. The molecule has 0 bridgehead atoms. The minimum atomic E-state index is -1.00. The Labute approximate surface area is 149 Å². The molecular formula is C20H16N2O4. The Morgan fingerprint density at radius 3 is 2.54 bits per heavy atom. The molecule has 1 amide bonds. The first-order valence-electron chi connectivity index (χ1n) is 7.86. The maximum absolute atomic E-state index is 12.0. The summed E-state index contributed by atoms with van der Waals surface area (Å²) in [5.41, 5.74) is 4.84. The van der Waals surface area contributed by atoms with Crippen LogP contribution in [0, 0.1) is 6.92 Å². The van der Waals surface area contributed by atoms with Gasteiger partial charge in [0.15, 0.2) is 0 Å². The number of carboxylic acids is 1. The summed E-state index contributed by atoms with van der Waals surface area (Å²) < 4.78 is 5.61. The summed E-state index contributed by atoms with van der Waals surface area (Å²) in [4.78, 5) is 23.0. The topological polar surface area (TPSA) is 91.9 Å². The number of furan rings is 1. The molecule has 0 saturated carbocycles. The smallest absolute Gasteiger partial charge is 0.335 e. The summed E-state index contributed by atoms with van der Waals surface area (Å²) >= 11 is 0. The van der Waals surface area contributed by atoms with Crippen LogP contribution in [0.15, 0.2) is 70.2 Å². The van der Waals surface area contributed by atoms with Crippen molar-refractivity contribution in [2.45, 2.75) is 6.92 Å². The average molecular weight is 348 g/mol. The quantitative estimate of drug-likeness (QED) is 0.543. The summed E-state index contributed by atoms with van der Waals surface area (Å²) in [5.74, 6) is -0.370. The number of hydrogen-bond acceptors (Lipinski definition) is 4. The van der Waals surface area contributed by atoms with Crippen molar-refractivity contribution in [1.82, 2.24) is 5.43 Å². The average Bonchev–Trinajstić information content (AvgIpc) is 3.11. The minimum absolute atomic E-state index is 0.180. The van der Waals surface area contributed by atoms with Crippen molar-refractivity contribution in [2.75, 3.05) is 0 Å². The van der Waals surface area contributed by atoms with E-state index in [-0.39, 0.29) is 11.5 Å². The third kappa shape index (κ3) is 4.05. The SMILES string of the molecule is Cc1ccc(C(=O)N/N=C/c2ccc(-c3cccc(C(=O)O)c3)o2)cc1. The summed E-state index contributed by atoms with van der Waals surface area (Å²) in [5, 5.41) is 12.9. The zero-order valence-corrected chi connectivity index (χ0v) is 14.0. The van der Waals surface area contributed by atoms with Crippen molar-refractivity contribution >= 4 is 18.1 Å². The van der Waals surface area contributed by atoms with E-state index in [0.29, 0.717) is 22.6 Å². The standard InChI is InChI=1S/C20H16N2O4/c1-13-5-7-14(8-6-13)19(23)22-21-12-17-9-10-18(26-17)15-3-2-4-16(11-15)20(24)25/h2-12H,1H3,(H,22,23)(H,24,25)/b21-12+. The molecule has 6 nitrogen and oxygen atoms in total. The van der Waals surface area contributed by atoms with E-state index in [1.54, 1.807) is 36.4 Å². The molecule has 130 valence electrons. The summed E-state index contributed by atoms with van der Waals surface area (Å²) in [6.07, 6.45) is 1.39. The molecule has 0 fully saturated rings. The monoisotopic (exact) mass is 348 g/mol. The van der Waals surface area contributed by atoms with Crippen LogP contribution >= 0.6 is 0 Å². The lowest BCUT2D eigenvalue weighted by Gasteiger charge is -2.00. The molecule has 2 aromatic carbocycles. The van der Waals surface area contributed by atoms with Crippen LogP contribution in [-0.2, 0) is 0 Å². The molecule has 26 heavy (non-hydrogen) atoms. The summed E-state index contributed by atoms with van der Waals surface area (Å²) in [6.45, 7) is 1.94. The molecule has 3 rings (SSSR count). The number of aryl methyl sites for hydroxylation is 1. The fraction of sp³-hybridized carbons (Fsp3) is 0.0500. The van der Waals surface area contributed by atoms with E-state index in [4.69, 9.17) is 9.52 Å². The number of rotatable bonds is 5. The van der Waals surface area contributed by atoms with Crippen LogP contribution in [0.3, 0.4) is 0 Å². The van der Waals surface area contributed by atoms with Crippen molar-refractivity contribution in [1.29, 1.82) is 0 Å². The molecule has 0 saturated heterocycles. The Morgan fingerprint density at radius 2 is 1.81 bits per heavy atom. The van der Waals surface area contributed by atoms with Crippen molar-refractivity contribution in [2.24, 2.45) is 5.10 Å². The number of carbonyl (C=O) groups excluding carboxylic acids is 1. The lowest BCUT2D eigenvalue weighted by atomic mass is 10.1. The van der Waals surface area contributed by atoms with Crippen LogP contribution in [0.25, 0.3) is 11.3 Å². The molecule has 0 radical (unpaired) electrons. The molecule has 3 aromatic rings. The molecule has 1 aromatic heterocycles. The van der Waals surface area contributed by atoms with E-state index in [0.717, 1.165) is 5.56 Å². The van der Waals surface area contributed by atoms with Gasteiger partial charge in [0, 0.05) is 11.1 Å². The zero-order valence-electron chi connectivity index (χ0n) is 14.0. The lowest BCUT2D eigenvalue weighted by Crippen LogP contribution is -2.17. The highest BCUT2D eigenvalue weighted by Gasteiger charge is 2.08. The lowest BCUT2D eigenvalue weighted by molar-refractivity contribution is 0.0696. The fourth-order valence-electron chi connectivity index (χ4n) is 2.31. The second-order valence-corrected chi connectivity index (χ2v) is 5.65. The molecule has 1 heterocycles. The maximum Gasteiger partial charge on any atom is 0.335 e. The number of aromatic carboxylic acids is 1. The van der Waals surface area contributed by atoms with E-state index in [1.165, 1.54) is 18.3 Å². The van der Waals surface area contributed by atoms with E-state index in [1.807, 2.05) is 19.1 Å². The third-order valence-electron chi connectivity index (χ3n) is 3.69. The van der Waals surface area contributed by atoms with Gasteiger partial charge < -0.3 is 9.52 Å². The molecule has 6 heteroatoms. The van der Waals surface area contributed by atoms with Gasteiger partial charge in [0.05, 0.1) is 11.8 Å². The van der Waals surface area contributed by atoms with Gasteiger partial charge in [-0.3, -0.25) is 4.79 Å². The number of amides is 1. The first kappa shape index (κ1) is 17.2. The molecule has 0 aliphatic heterocycles. The van der Waals surface area contributed by atoms with Gasteiger partial charge in [-0.2, -0.15) is 5.10 Å². The van der Waals surface area contributed by atoms with Gasteiger partial charge in [-0.1, -0.05) is 29.8 Å². The Hall–Kier alpha value is -3.67. The predicted molar refractivity (Wildman–Crippen MR) is 97.3 cm³/mol. The predicted octanol–water partition coefficient (Wildman–Crippen LogP) is 3.72. The van der Waals surface area contributed by atoms with Crippen LogP contribution < -0.4 is 5.43 Å². The molecule has 0 atom stereocenters. The van der Waals surface area contributed by atoms with Gasteiger partial charge in [0.2, 0.25) is 0 Å².